The summed E-state index contributed by atoms with van der Waals surface area (Å²) in [5, 5.41) is 7.70. The average molecular weight is 401 g/mol. The van der Waals surface area contributed by atoms with E-state index < -0.39 is 5.91 Å². The lowest BCUT2D eigenvalue weighted by Crippen LogP contribution is -2.53. The molecular weight excluding hydrogens is 376 g/mol. The van der Waals surface area contributed by atoms with Crippen molar-refractivity contribution < 1.29 is 9.59 Å². The van der Waals surface area contributed by atoms with E-state index in [0.29, 0.717) is 18.1 Å². The summed E-state index contributed by atoms with van der Waals surface area (Å²) in [6, 6.07) is 2.09. The molecule has 0 bridgehead atoms. The van der Waals surface area contributed by atoms with Crippen molar-refractivity contribution in [3.63, 3.8) is 0 Å². The smallest absolute Gasteiger partial charge is 0.261 e. The maximum atomic E-state index is 12.9. The number of amides is 2. The summed E-state index contributed by atoms with van der Waals surface area (Å²) in [6.45, 7) is 3.79. The van der Waals surface area contributed by atoms with Gasteiger partial charge in [0.1, 0.15) is 9.71 Å². The third-order valence-electron chi connectivity index (χ3n) is 6.08. The molecule has 28 heavy (non-hydrogen) atoms. The van der Waals surface area contributed by atoms with E-state index in [9.17, 15) is 9.59 Å². The molecule has 0 aromatic carbocycles. The van der Waals surface area contributed by atoms with Crippen LogP contribution in [0.15, 0.2) is 12.3 Å². The highest BCUT2D eigenvalue weighted by Gasteiger charge is 2.36. The molecule has 2 amide bonds. The lowest BCUT2D eigenvalue weighted by atomic mass is 9.99. The number of anilines is 2. The van der Waals surface area contributed by atoms with Crippen molar-refractivity contribution in [3.8, 4) is 0 Å². The van der Waals surface area contributed by atoms with E-state index in [1.54, 1.807) is 6.20 Å². The average Bonchev–Trinajstić information content (AvgIpc) is 3.38. The second kappa shape index (κ2) is 6.89. The number of hydrogen-bond acceptors (Lipinski definition) is 7. The summed E-state index contributed by atoms with van der Waals surface area (Å²) in [5.41, 5.74) is 7.58. The van der Waals surface area contributed by atoms with Gasteiger partial charge in [0.05, 0.1) is 23.7 Å². The van der Waals surface area contributed by atoms with Crippen LogP contribution in [0.25, 0.3) is 10.2 Å². The molecule has 2 fully saturated rings. The number of thiophene rings is 1. The maximum absolute atomic E-state index is 12.9. The predicted octanol–water partition coefficient (Wildman–Crippen LogP) is 1.19. The number of nitrogens with one attached hydrogen (secondary N) is 2. The van der Waals surface area contributed by atoms with Crippen molar-refractivity contribution in [2.45, 2.75) is 25.3 Å². The van der Waals surface area contributed by atoms with Crippen LogP contribution >= 0.6 is 11.3 Å². The van der Waals surface area contributed by atoms with Crippen LogP contribution in [0.4, 0.5) is 11.4 Å². The normalized spacial score (nSPS) is 24.4. The van der Waals surface area contributed by atoms with Crippen LogP contribution < -0.4 is 21.3 Å². The first-order chi connectivity index (χ1) is 13.6. The number of carbonyl (C=O) groups is 2. The van der Waals surface area contributed by atoms with Crippen molar-refractivity contribution in [2.24, 2.45) is 11.7 Å². The molecule has 3 aliphatic rings. The zero-order chi connectivity index (χ0) is 19.3. The fourth-order valence-electron chi connectivity index (χ4n) is 4.69. The molecule has 0 saturated carbocycles. The molecule has 3 aliphatic heterocycles. The highest BCUT2D eigenvalue weighted by Crippen LogP contribution is 2.44. The van der Waals surface area contributed by atoms with Gasteiger partial charge in [0, 0.05) is 37.6 Å². The molecule has 5 heterocycles. The molecule has 2 aromatic rings. The van der Waals surface area contributed by atoms with E-state index >= 15 is 0 Å². The largest absolute Gasteiger partial charge is 0.367 e. The third kappa shape index (κ3) is 2.80. The van der Waals surface area contributed by atoms with Gasteiger partial charge in [-0.2, -0.15) is 0 Å². The highest BCUT2D eigenvalue weighted by molar-refractivity contribution is 7.21. The molecule has 4 N–H and O–H groups in total. The number of likely N-dealkylation sites (tertiary alicyclic amines) is 1. The van der Waals surface area contributed by atoms with Crippen LogP contribution in [0, 0.1) is 5.92 Å². The standard InChI is InChI=1S/C19H24N6O2S/c20-17(26)16-15-14-13(4-6-22-18(14)28-16)23-10-25(15)12-2-1-7-24(9-12)19(27)11-3-5-21-8-11/h4,6,11-12,21,23H,1-3,5,7-10H2,(H2,20,26)/t11-,12+/m0/s1. The Balaban J connectivity index is 1.47. The molecule has 2 saturated heterocycles. The van der Waals surface area contributed by atoms with Gasteiger partial charge in [0.25, 0.3) is 5.91 Å². The van der Waals surface area contributed by atoms with Gasteiger partial charge in [-0.15, -0.1) is 11.3 Å². The Hall–Kier alpha value is -2.39. The summed E-state index contributed by atoms with van der Waals surface area (Å²) < 4.78 is 0. The lowest BCUT2D eigenvalue weighted by molar-refractivity contribution is -0.136. The summed E-state index contributed by atoms with van der Waals surface area (Å²) in [5.74, 6) is -0.0684. The molecule has 0 unspecified atom stereocenters. The van der Waals surface area contributed by atoms with Gasteiger partial charge in [-0.3, -0.25) is 9.59 Å². The number of primary amides is 1. The fraction of sp³-hybridized carbons (Fsp3) is 0.526. The fourth-order valence-corrected chi connectivity index (χ4v) is 5.72. The summed E-state index contributed by atoms with van der Waals surface area (Å²) >= 11 is 1.35. The lowest BCUT2D eigenvalue weighted by Gasteiger charge is -2.43. The van der Waals surface area contributed by atoms with E-state index in [2.05, 4.69) is 20.5 Å². The van der Waals surface area contributed by atoms with Gasteiger partial charge in [0.2, 0.25) is 5.91 Å². The Bertz CT molecular complexity index is 938. The quantitative estimate of drug-likeness (QED) is 0.715. The molecule has 148 valence electrons. The van der Waals surface area contributed by atoms with Crippen LogP contribution in [0.2, 0.25) is 0 Å². The molecule has 8 nitrogen and oxygen atoms in total. The van der Waals surface area contributed by atoms with Crippen LogP contribution in [-0.4, -0.2) is 60.6 Å². The molecule has 0 aliphatic carbocycles. The Morgan fingerprint density at radius 2 is 2.21 bits per heavy atom. The topological polar surface area (TPSA) is 104 Å². The minimum absolute atomic E-state index is 0.0946. The van der Waals surface area contributed by atoms with E-state index in [1.807, 2.05) is 11.0 Å². The minimum atomic E-state index is -0.420. The summed E-state index contributed by atoms with van der Waals surface area (Å²) in [4.78, 5) is 35.1. The van der Waals surface area contributed by atoms with Gasteiger partial charge in [-0.25, -0.2) is 4.98 Å². The number of aromatic nitrogens is 1. The second-order valence-corrected chi connectivity index (χ2v) is 8.76. The number of carbonyl (C=O) groups excluding carboxylic acids is 2. The molecule has 2 atom stereocenters. The van der Waals surface area contributed by atoms with Gasteiger partial charge in [0.15, 0.2) is 0 Å². The van der Waals surface area contributed by atoms with Gasteiger partial charge in [-0.1, -0.05) is 0 Å². The first-order valence-corrected chi connectivity index (χ1v) is 10.7. The zero-order valence-corrected chi connectivity index (χ0v) is 16.4. The Labute approximate surface area is 167 Å². The first-order valence-electron chi connectivity index (χ1n) is 9.85. The molecule has 5 rings (SSSR count). The van der Waals surface area contributed by atoms with Crippen LogP contribution in [0.1, 0.15) is 28.9 Å². The molecule has 2 aromatic heterocycles. The number of pyridine rings is 1. The zero-order valence-electron chi connectivity index (χ0n) is 15.6. The maximum Gasteiger partial charge on any atom is 0.261 e. The Kier molecular flexibility index (Phi) is 4.36. The van der Waals surface area contributed by atoms with E-state index in [4.69, 9.17) is 5.73 Å². The monoisotopic (exact) mass is 400 g/mol. The number of hydrogen-bond donors (Lipinski definition) is 3. The minimum Gasteiger partial charge on any atom is -0.367 e. The second-order valence-electron chi connectivity index (χ2n) is 7.76. The van der Waals surface area contributed by atoms with Crippen molar-refractivity contribution in [2.75, 3.05) is 43.1 Å². The molecule has 0 radical (unpaired) electrons. The Morgan fingerprint density at radius 3 is 3.00 bits per heavy atom. The van der Waals surface area contributed by atoms with Crippen molar-refractivity contribution in [1.29, 1.82) is 0 Å². The van der Waals surface area contributed by atoms with Crippen LogP contribution in [0.3, 0.4) is 0 Å². The number of nitrogens with two attached hydrogens (primary N) is 1. The number of rotatable bonds is 3. The van der Waals surface area contributed by atoms with Crippen molar-refractivity contribution in [3.05, 3.63) is 17.1 Å². The number of nitrogens with zero attached hydrogens (tertiary/aromatic N) is 3. The number of piperidine rings is 1. The first kappa shape index (κ1) is 17.7. The van der Waals surface area contributed by atoms with Crippen LogP contribution in [-0.2, 0) is 4.79 Å². The summed E-state index contributed by atoms with van der Waals surface area (Å²) in [6.07, 6.45) is 4.62. The van der Waals surface area contributed by atoms with Crippen molar-refractivity contribution in [1.82, 2.24) is 15.2 Å². The summed E-state index contributed by atoms with van der Waals surface area (Å²) in [7, 11) is 0. The molecule has 0 spiro atoms. The van der Waals surface area contributed by atoms with Gasteiger partial charge in [-0.05, 0) is 31.9 Å². The van der Waals surface area contributed by atoms with Gasteiger partial charge < -0.3 is 26.2 Å². The van der Waals surface area contributed by atoms with Crippen LogP contribution in [0.5, 0.6) is 0 Å². The Morgan fingerprint density at radius 1 is 1.32 bits per heavy atom. The molecule has 9 heteroatoms. The van der Waals surface area contributed by atoms with E-state index in [1.165, 1.54) is 11.3 Å². The SMILES string of the molecule is NC(=O)c1sc2nccc3c2c1N([C@@H]1CCCN(C(=O)[C@H]2CCNC2)C1)CN3. The highest BCUT2D eigenvalue weighted by atomic mass is 32.1. The van der Waals surface area contributed by atoms with Gasteiger partial charge >= 0.3 is 0 Å². The van der Waals surface area contributed by atoms with E-state index in [0.717, 1.165) is 60.5 Å². The predicted molar refractivity (Wildman–Crippen MR) is 110 cm³/mol. The van der Waals surface area contributed by atoms with E-state index in [-0.39, 0.29) is 17.9 Å². The molecular formula is C19H24N6O2S. The third-order valence-corrected chi connectivity index (χ3v) is 7.18. The van der Waals surface area contributed by atoms with Crippen molar-refractivity contribution >= 4 is 44.7 Å².